The highest BCUT2D eigenvalue weighted by atomic mass is 16.3. The van der Waals surface area contributed by atoms with Gasteiger partial charge in [0.1, 0.15) is 11.5 Å². The molecule has 2 rings (SSSR count). The van der Waals surface area contributed by atoms with E-state index in [2.05, 4.69) is 35.6 Å². The predicted octanol–water partition coefficient (Wildman–Crippen LogP) is 8.88. The Hall–Kier alpha value is -4.08. The van der Waals surface area contributed by atoms with E-state index < -0.39 is 11.8 Å². The largest absolute Gasteiger partial charge is 0.507 e. The van der Waals surface area contributed by atoms with Gasteiger partial charge < -0.3 is 10.2 Å². The van der Waals surface area contributed by atoms with Crippen LogP contribution in [0.5, 0.6) is 11.5 Å². The Balaban J connectivity index is 1.64. The van der Waals surface area contributed by atoms with Crippen LogP contribution in [-0.2, 0) is 22.4 Å². The molecule has 0 aliphatic heterocycles. The lowest BCUT2D eigenvalue weighted by Gasteiger charge is -2.17. The molecule has 4 amide bonds. The van der Waals surface area contributed by atoms with Crippen LogP contribution in [0, 0.1) is 5.92 Å². The number of phenols is 2. The molecule has 2 aromatic rings. The molecular formula is C42H66N4O6. The second-order valence-electron chi connectivity index (χ2n) is 14.1. The van der Waals surface area contributed by atoms with E-state index in [1.165, 1.54) is 51.4 Å². The summed E-state index contributed by atoms with van der Waals surface area (Å²) in [6.07, 6.45) is 21.4. The molecule has 6 N–H and O–H groups in total. The monoisotopic (exact) mass is 722 g/mol. The van der Waals surface area contributed by atoms with Gasteiger partial charge in [-0.25, -0.2) is 0 Å². The highest BCUT2D eigenvalue weighted by molar-refractivity contribution is 5.98. The zero-order valence-corrected chi connectivity index (χ0v) is 32.1. The van der Waals surface area contributed by atoms with E-state index in [-0.39, 0.29) is 46.8 Å². The van der Waals surface area contributed by atoms with Crippen molar-refractivity contribution >= 4 is 23.6 Å². The summed E-state index contributed by atoms with van der Waals surface area (Å²) in [4.78, 5) is 50.4. The number of hydrazine groups is 2. The van der Waals surface area contributed by atoms with Crippen molar-refractivity contribution in [2.75, 3.05) is 0 Å². The third-order valence-electron chi connectivity index (χ3n) is 9.58. The molecule has 0 bridgehead atoms. The Morgan fingerprint density at radius 3 is 1.48 bits per heavy atom. The van der Waals surface area contributed by atoms with Crippen molar-refractivity contribution in [1.82, 2.24) is 21.7 Å². The van der Waals surface area contributed by atoms with Crippen molar-refractivity contribution in [3.05, 3.63) is 58.7 Å². The van der Waals surface area contributed by atoms with Crippen molar-refractivity contribution in [2.24, 2.45) is 5.92 Å². The summed E-state index contributed by atoms with van der Waals surface area (Å²) in [5.74, 6) is -2.17. The first-order valence-corrected chi connectivity index (χ1v) is 20.0. The van der Waals surface area contributed by atoms with Gasteiger partial charge >= 0.3 is 0 Å². The van der Waals surface area contributed by atoms with Crippen LogP contribution in [0.1, 0.15) is 181 Å². The summed E-state index contributed by atoms with van der Waals surface area (Å²) < 4.78 is 0. The summed E-state index contributed by atoms with van der Waals surface area (Å²) in [6.45, 7) is 6.40. The summed E-state index contributed by atoms with van der Waals surface area (Å²) >= 11 is 0. The van der Waals surface area contributed by atoms with Crippen LogP contribution in [0.15, 0.2) is 36.4 Å². The summed E-state index contributed by atoms with van der Waals surface area (Å²) in [7, 11) is 0. The molecule has 52 heavy (non-hydrogen) atoms. The Bertz CT molecular complexity index is 1360. The number of benzene rings is 2. The number of aryl methyl sites for hydroxylation is 2. The highest BCUT2D eigenvalue weighted by Gasteiger charge is 2.19. The number of carbonyl (C=O) groups excluding carboxylic acids is 4. The van der Waals surface area contributed by atoms with Gasteiger partial charge in [0, 0.05) is 12.3 Å². The third kappa shape index (κ3) is 17.9. The zero-order chi connectivity index (χ0) is 38.0. The van der Waals surface area contributed by atoms with E-state index in [0.717, 1.165) is 75.3 Å². The number of aromatic hydroxyl groups is 2. The van der Waals surface area contributed by atoms with Crippen LogP contribution in [-0.4, -0.2) is 33.8 Å². The van der Waals surface area contributed by atoms with Crippen molar-refractivity contribution in [3.63, 3.8) is 0 Å². The normalized spacial score (nSPS) is 11.5. The van der Waals surface area contributed by atoms with Gasteiger partial charge in [-0.15, -0.1) is 0 Å². The van der Waals surface area contributed by atoms with Gasteiger partial charge in [0.15, 0.2) is 0 Å². The van der Waals surface area contributed by atoms with Crippen LogP contribution >= 0.6 is 0 Å². The minimum absolute atomic E-state index is 0.0978. The van der Waals surface area contributed by atoms with Crippen LogP contribution in [0.3, 0.4) is 0 Å². The Kier molecular flexibility index (Phi) is 22.6. The number of phenolic OH excluding ortho intramolecular Hbond substituents is 2. The minimum atomic E-state index is -0.568. The molecule has 1 unspecified atom stereocenters. The average molecular weight is 723 g/mol. The molecule has 0 aromatic heterocycles. The lowest BCUT2D eigenvalue weighted by atomic mass is 9.95. The lowest BCUT2D eigenvalue weighted by molar-refractivity contribution is -0.126. The van der Waals surface area contributed by atoms with Gasteiger partial charge in [0.25, 0.3) is 11.8 Å². The van der Waals surface area contributed by atoms with Crippen molar-refractivity contribution in [1.29, 1.82) is 0 Å². The number of hydrogen-bond acceptors (Lipinski definition) is 6. The summed E-state index contributed by atoms with van der Waals surface area (Å²) in [5.41, 5.74) is 12.0. The Labute approximate surface area is 312 Å². The average Bonchev–Trinajstić information content (AvgIpc) is 3.13. The lowest BCUT2D eigenvalue weighted by Crippen LogP contribution is -2.44. The second-order valence-corrected chi connectivity index (χ2v) is 14.1. The van der Waals surface area contributed by atoms with Crippen molar-refractivity contribution < 1.29 is 29.4 Å². The number of hydrogen-bond donors (Lipinski definition) is 6. The fourth-order valence-electron chi connectivity index (χ4n) is 6.40. The molecule has 0 saturated carbocycles. The van der Waals surface area contributed by atoms with Gasteiger partial charge in [0.05, 0.1) is 11.1 Å². The van der Waals surface area contributed by atoms with Gasteiger partial charge in [-0.3, -0.25) is 40.9 Å². The number of rotatable bonds is 26. The fraction of sp³-hybridized carbons (Fsp3) is 0.619. The van der Waals surface area contributed by atoms with E-state index in [1.807, 2.05) is 19.1 Å². The van der Waals surface area contributed by atoms with Gasteiger partial charge in [-0.05, 0) is 80.3 Å². The quantitative estimate of drug-likeness (QED) is 0.0421. The van der Waals surface area contributed by atoms with Crippen molar-refractivity contribution in [3.8, 4) is 11.5 Å². The van der Waals surface area contributed by atoms with Crippen LogP contribution < -0.4 is 21.7 Å². The van der Waals surface area contributed by atoms with E-state index >= 15 is 0 Å². The molecule has 0 aliphatic rings. The molecule has 0 aliphatic carbocycles. The molecule has 290 valence electrons. The highest BCUT2D eigenvalue weighted by Crippen LogP contribution is 2.22. The summed E-state index contributed by atoms with van der Waals surface area (Å²) in [5, 5.41) is 20.8. The van der Waals surface area contributed by atoms with Gasteiger partial charge in [-0.2, -0.15) is 0 Å². The topological polar surface area (TPSA) is 157 Å². The second kappa shape index (κ2) is 26.7. The molecule has 1 atom stereocenters. The molecule has 0 radical (unpaired) electrons. The smallest absolute Gasteiger partial charge is 0.273 e. The fourth-order valence-corrected chi connectivity index (χ4v) is 6.40. The van der Waals surface area contributed by atoms with E-state index in [9.17, 15) is 29.4 Å². The number of amides is 4. The van der Waals surface area contributed by atoms with Gasteiger partial charge in [0.2, 0.25) is 11.8 Å². The molecule has 0 saturated heterocycles. The number of carbonyl (C=O) groups is 4. The number of unbranched alkanes of at least 4 members (excludes halogenated alkanes) is 13. The minimum Gasteiger partial charge on any atom is -0.507 e. The van der Waals surface area contributed by atoms with Crippen LogP contribution in [0.4, 0.5) is 0 Å². The maximum atomic E-state index is 12.9. The molecule has 10 heteroatoms. The zero-order valence-electron chi connectivity index (χ0n) is 32.1. The van der Waals surface area contributed by atoms with Crippen LogP contribution in [0.2, 0.25) is 0 Å². The van der Waals surface area contributed by atoms with E-state index in [4.69, 9.17) is 0 Å². The Morgan fingerprint density at radius 2 is 0.981 bits per heavy atom. The molecule has 0 heterocycles. The van der Waals surface area contributed by atoms with Crippen molar-refractivity contribution in [2.45, 2.75) is 162 Å². The predicted molar refractivity (Wildman–Crippen MR) is 208 cm³/mol. The molecular weight excluding hydrogens is 656 g/mol. The van der Waals surface area contributed by atoms with Crippen LogP contribution in [0.25, 0.3) is 0 Å². The van der Waals surface area contributed by atoms with E-state index in [0.29, 0.717) is 19.3 Å². The first-order valence-electron chi connectivity index (χ1n) is 20.0. The summed E-state index contributed by atoms with van der Waals surface area (Å²) in [6, 6.07) is 10.1. The number of nitrogens with one attached hydrogen (secondary N) is 4. The molecule has 2 aromatic carbocycles. The molecule has 10 nitrogen and oxygen atoms in total. The maximum absolute atomic E-state index is 12.9. The van der Waals surface area contributed by atoms with E-state index in [1.54, 1.807) is 24.3 Å². The molecule has 0 spiro atoms. The van der Waals surface area contributed by atoms with Gasteiger partial charge in [-0.1, -0.05) is 123 Å². The first-order chi connectivity index (χ1) is 25.2. The first kappa shape index (κ1) is 44.1. The third-order valence-corrected chi connectivity index (χ3v) is 9.58. The molecule has 0 fully saturated rings. The maximum Gasteiger partial charge on any atom is 0.273 e. The standard InChI is InChI=1S/C42H66N4O6/c1-4-7-9-11-13-17-22-32-26-28-35(37(47)30-32)41(51)45-43-39(49)25-20-16-15-19-24-34(21-6-3)40(50)44-46-42(52)36-29-27-33(31-38(36)48)23-18-14-12-10-8-5-2/h26-31,34,47-48H,4-25H2,1-3H3,(H,43,49)(H,44,50)(H,45,51)(H,46,52). The Morgan fingerprint density at radius 1 is 0.519 bits per heavy atom. The SMILES string of the molecule is CCCCCCCCc1ccc(C(=O)NNC(=O)CCCCCCC(CCC)C(=O)NNC(=O)c2ccc(CCCCCCCC)cc2O)c(O)c1.